The molecular weight excluding hydrogens is 304 g/mol. The highest BCUT2D eigenvalue weighted by Gasteiger charge is 2.07. The molecule has 0 saturated carbocycles. The highest BCUT2D eigenvalue weighted by Crippen LogP contribution is 2.10. The van der Waals surface area contributed by atoms with Crippen molar-refractivity contribution in [2.75, 3.05) is 0 Å². The Morgan fingerprint density at radius 1 is 1.08 bits per heavy atom. The normalized spacial score (nSPS) is 10.1. The van der Waals surface area contributed by atoms with E-state index < -0.39 is 0 Å². The quantitative estimate of drug-likeness (QED) is 0.675. The fourth-order valence-electron chi connectivity index (χ4n) is 2.16. The van der Waals surface area contributed by atoms with Crippen LogP contribution in [0.5, 0.6) is 0 Å². The summed E-state index contributed by atoms with van der Waals surface area (Å²) in [6.45, 7) is 0.770. The number of esters is 1. The average molecular weight is 318 g/mol. The van der Waals surface area contributed by atoms with Gasteiger partial charge in [0.25, 0.3) is 0 Å². The monoisotopic (exact) mass is 318 g/mol. The van der Waals surface area contributed by atoms with Crippen LogP contribution in [0.2, 0.25) is 0 Å². The van der Waals surface area contributed by atoms with E-state index in [1.165, 1.54) is 6.33 Å². The third-order valence-electron chi connectivity index (χ3n) is 3.45. The van der Waals surface area contributed by atoms with Gasteiger partial charge in [-0.1, -0.05) is 24.3 Å². The summed E-state index contributed by atoms with van der Waals surface area (Å²) in [7, 11) is 0. The van der Waals surface area contributed by atoms with Crippen LogP contribution in [-0.4, -0.2) is 20.7 Å². The van der Waals surface area contributed by atoms with Crippen molar-refractivity contribution in [3.8, 4) is 6.07 Å². The number of hydrogen-bond acceptors (Lipinski definition) is 5. The first-order valence-corrected chi connectivity index (χ1v) is 7.32. The minimum Gasteiger partial charge on any atom is -0.457 e. The van der Waals surface area contributed by atoms with Gasteiger partial charge in [-0.25, -0.2) is 14.5 Å². The zero-order chi connectivity index (χ0) is 16.8. The summed E-state index contributed by atoms with van der Waals surface area (Å²) >= 11 is 0. The van der Waals surface area contributed by atoms with Crippen molar-refractivity contribution < 1.29 is 9.53 Å². The molecule has 0 spiro atoms. The van der Waals surface area contributed by atoms with E-state index in [9.17, 15) is 4.79 Å². The molecular formula is C18H14N4O2. The molecule has 0 unspecified atom stereocenters. The van der Waals surface area contributed by atoms with Crippen LogP contribution in [-0.2, 0) is 17.9 Å². The van der Waals surface area contributed by atoms with Crippen molar-refractivity contribution >= 4 is 5.97 Å². The van der Waals surface area contributed by atoms with Crippen LogP contribution in [0.1, 0.15) is 27.0 Å². The molecule has 0 radical (unpaired) electrons. The molecule has 0 bridgehead atoms. The molecule has 24 heavy (non-hydrogen) atoms. The summed E-state index contributed by atoms with van der Waals surface area (Å²) in [6, 6.07) is 16.2. The van der Waals surface area contributed by atoms with E-state index >= 15 is 0 Å². The largest absolute Gasteiger partial charge is 0.457 e. The van der Waals surface area contributed by atoms with Crippen molar-refractivity contribution in [1.82, 2.24) is 14.8 Å². The van der Waals surface area contributed by atoms with E-state index in [0.717, 1.165) is 11.1 Å². The van der Waals surface area contributed by atoms with Crippen molar-refractivity contribution in [3.05, 3.63) is 83.4 Å². The Labute approximate surface area is 138 Å². The second kappa shape index (κ2) is 7.20. The van der Waals surface area contributed by atoms with Gasteiger partial charge >= 0.3 is 5.97 Å². The molecule has 0 fully saturated rings. The van der Waals surface area contributed by atoms with Gasteiger partial charge in [-0.2, -0.15) is 10.4 Å². The van der Waals surface area contributed by atoms with Crippen LogP contribution in [0.4, 0.5) is 0 Å². The molecule has 1 heterocycles. The van der Waals surface area contributed by atoms with Crippen LogP contribution in [0.25, 0.3) is 0 Å². The number of hydrogen-bond donors (Lipinski definition) is 0. The van der Waals surface area contributed by atoms with E-state index in [4.69, 9.17) is 10.00 Å². The maximum atomic E-state index is 12.1. The molecule has 0 aliphatic carbocycles. The van der Waals surface area contributed by atoms with Crippen LogP contribution < -0.4 is 0 Å². The lowest BCUT2D eigenvalue weighted by Crippen LogP contribution is -2.06. The number of benzene rings is 2. The van der Waals surface area contributed by atoms with Gasteiger partial charge in [-0.15, -0.1) is 0 Å². The Bertz CT molecular complexity index is 848. The third-order valence-corrected chi connectivity index (χ3v) is 3.45. The molecule has 6 nitrogen and oxygen atoms in total. The van der Waals surface area contributed by atoms with Crippen LogP contribution in [0.15, 0.2) is 61.2 Å². The molecule has 3 aromatic rings. The Kier molecular flexibility index (Phi) is 4.63. The fourth-order valence-corrected chi connectivity index (χ4v) is 2.16. The number of ether oxygens (including phenoxy) is 1. The van der Waals surface area contributed by atoms with Gasteiger partial charge in [0, 0.05) is 0 Å². The average Bonchev–Trinajstić information content (AvgIpc) is 3.14. The topological polar surface area (TPSA) is 80.8 Å². The summed E-state index contributed by atoms with van der Waals surface area (Å²) in [5, 5.41) is 12.8. The predicted molar refractivity (Wildman–Crippen MR) is 85.8 cm³/mol. The minimum absolute atomic E-state index is 0.172. The Balaban J connectivity index is 1.57. The molecule has 2 aromatic carbocycles. The van der Waals surface area contributed by atoms with Gasteiger partial charge in [-0.05, 0) is 35.4 Å². The second-order valence-corrected chi connectivity index (χ2v) is 5.17. The molecule has 0 N–H and O–H groups in total. The van der Waals surface area contributed by atoms with Crippen LogP contribution >= 0.6 is 0 Å². The van der Waals surface area contributed by atoms with E-state index in [1.54, 1.807) is 47.4 Å². The minimum atomic E-state index is -0.383. The van der Waals surface area contributed by atoms with Crippen molar-refractivity contribution in [1.29, 1.82) is 5.26 Å². The van der Waals surface area contributed by atoms with Crippen LogP contribution in [0.3, 0.4) is 0 Å². The first kappa shape index (κ1) is 15.4. The molecule has 0 atom stereocenters. The summed E-state index contributed by atoms with van der Waals surface area (Å²) < 4.78 is 6.99. The molecule has 118 valence electrons. The van der Waals surface area contributed by atoms with Gasteiger partial charge in [0.1, 0.15) is 19.3 Å². The number of aromatic nitrogens is 3. The molecule has 1 aromatic heterocycles. The highest BCUT2D eigenvalue weighted by molar-refractivity contribution is 5.89. The van der Waals surface area contributed by atoms with Gasteiger partial charge in [0.15, 0.2) is 0 Å². The first-order valence-electron chi connectivity index (χ1n) is 7.32. The number of nitrogens with zero attached hydrogens (tertiary/aromatic N) is 4. The lowest BCUT2D eigenvalue weighted by atomic mass is 10.1. The van der Waals surface area contributed by atoms with Crippen molar-refractivity contribution in [2.45, 2.75) is 13.2 Å². The summed E-state index contributed by atoms with van der Waals surface area (Å²) in [5.74, 6) is -0.383. The number of nitriles is 1. The number of carbonyl (C=O) groups is 1. The van der Waals surface area contributed by atoms with E-state index in [-0.39, 0.29) is 12.6 Å². The van der Waals surface area contributed by atoms with Crippen molar-refractivity contribution in [2.24, 2.45) is 0 Å². The molecule has 0 aliphatic heterocycles. The summed E-state index contributed by atoms with van der Waals surface area (Å²) in [5.41, 5.74) is 2.92. The number of rotatable bonds is 5. The van der Waals surface area contributed by atoms with Crippen LogP contribution in [0, 0.1) is 11.3 Å². The Morgan fingerprint density at radius 2 is 1.79 bits per heavy atom. The zero-order valence-corrected chi connectivity index (χ0v) is 12.8. The van der Waals surface area contributed by atoms with Crippen molar-refractivity contribution in [3.63, 3.8) is 0 Å². The first-order chi connectivity index (χ1) is 11.7. The lowest BCUT2D eigenvalue weighted by molar-refractivity contribution is 0.0472. The maximum absolute atomic E-state index is 12.1. The van der Waals surface area contributed by atoms with Gasteiger partial charge in [0.05, 0.1) is 23.7 Å². The van der Waals surface area contributed by atoms with Gasteiger partial charge < -0.3 is 4.74 Å². The van der Waals surface area contributed by atoms with Gasteiger partial charge in [-0.3, -0.25) is 0 Å². The fraction of sp³-hybridized carbons (Fsp3) is 0.111. The Morgan fingerprint density at radius 3 is 2.42 bits per heavy atom. The SMILES string of the molecule is N#Cc1ccc(COC(=O)c2ccc(Cn3cncn3)cc2)cc1. The second-order valence-electron chi connectivity index (χ2n) is 5.17. The molecule has 0 saturated heterocycles. The molecule has 0 aliphatic rings. The highest BCUT2D eigenvalue weighted by atomic mass is 16.5. The lowest BCUT2D eigenvalue weighted by Gasteiger charge is -2.06. The zero-order valence-electron chi connectivity index (χ0n) is 12.8. The summed E-state index contributed by atoms with van der Waals surface area (Å²) in [4.78, 5) is 16.0. The van der Waals surface area contributed by atoms with E-state index in [2.05, 4.69) is 10.1 Å². The number of carbonyl (C=O) groups excluding carboxylic acids is 1. The standard InChI is InChI=1S/C18H14N4O2/c19-9-14-1-3-16(4-2-14)11-24-18(23)17-7-5-15(6-8-17)10-22-13-20-12-21-22/h1-8,12-13H,10-11H2. The molecule has 0 amide bonds. The van der Waals surface area contributed by atoms with E-state index in [1.807, 2.05) is 18.2 Å². The maximum Gasteiger partial charge on any atom is 0.338 e. The predicted octanol–water partition coefficient (Wildman–Crippen LogP) is 2.56. The molecule has 3 rings (SSSR count). The summed E-state index contributed by atoms with van der Waals surface area (Å²) in [6.07, 6.45) is 3.12. The molecule has 6 heteroatoms. The third kappa shape index (κ3) is 3.84. The Hall–Kier alpha value is -3.46. The van der Waals surface area contributed by atoms with Gasteiger partial charge in [0.2, 0.25) is 0 Å². The van der Waals surface area contributed by atoms with E-state index in [0.29, 0.717) is 17.7 Å². The smallest absolute Gasteiger partial charge is 0.338 e.